The number of carbonyl (C=O) groups is 1. The highest BCUT2D eigenvalue weighted by Gasteiger charge is 2.26. The number of hydrogen-bond donors (Lipinski definition) is 1. The molecule has 7 heteroatoms. The molecule has 7 nitrogen and oxygen atoms in total. The molecule has 0 unspecified atom stereocenters. The third kappa shape index (κ3) is 2.92. The van der Waals surface area contributed by atoms with Gasteiger partial charge in [-0.1, -0.05) is 5.16 Å². The van der Waals surface area contributed by atoms with Gasteiger partial charge in [-0.25, -0.2) is 9.97 Å². The average molecular weight is 287 g/mol. The van der Waals surface area contributed by atoms with E-state index in [2.05, 4.69) is 25.3 Å². The van der Waals surface area contributed by atoms with E-state index in [0.29, 0.717) is 18.1 Å². The lowest BCUT2D eigenvalue weighted by Crippen LogP contribution is -2.44. The zero-order valence-electron chi connectivity index (χ0n) is 12.0. The zero-order chi connectivity index (χ0) is 14.8. The number of rotatable bonds is 3. The molecule has 2 aromatic rings. The Morgan fingerprint density at radius 3 is 3.14 bits per heavy atom. The molecule has 0 fully saturated rings. The van der Waals surface area contributed by atoms with Crippen LogP contribution in [0.4, 0.5) is 5.82 Å². The summed E-state index contributed by atoms with van der Waals surface area (Å²) in [6.45, 7) is 5.14. The number of carbonyl (C=O) groups excluding carboxylic acids is 1. The lowest BCUT2D eigenvalue weighted by molar-refractivity contribution is -0.121. The van der Waals surface area contributed by atoms with Crippen molar-refractivity contribution in [2.45, 2.75) is 32.9 Å². The molecule has 3 rings (SSSR count). The van der Waals surface area contributed by atoms with Crippen molar-refractivity contribution < 1.29 is 9.32 Å². The molecule has 1 aliphatic rings. The number of hydrogen-bond acceptors (Lipinski definition) is 6. The van der Waals surface area contributed by atoms with Gasteiger partial charge in [0.25, 0.3) is 0 Å². The van der Waals surface area contributed by atoms with Crippen LogP contribution in [0.1, 0.15) is 23.9 Å². The lowest BCUT2D eigenvalue weighted by atomic mass is 10.1. The van der Waals surface area contributed by atoms with Gasteiger partial charge in [-0.15, -0.1) is 0 Å². The number of aryl methyl sites for hydroxylation is 1. The molecule has 0 aromatic carbocycles. The van der Waals surface area contributed by atoms with E-state index in [1.807, 2.05) is 13.1 Å². The normalized spacial score (nSPS) is 16.3. The van der Waals surface area contributed by atoms with Gasteiger partial charge >= 0.3 is 0 Å². The summed E-state index contributed by atoms with van der Waals surface area (Å²) in [5.74, 6) is 1.02. The van der Waals surface area contributed by atoms with Crippen LogP contribution in [0.15, 0.2) is 23.1 Å². The smallest absolute Gasteiger partial charge is 0.242 e. The maximum absolute atomic E-state index is 12.3. The Kier molecular flexibility index (Phi) is 3.66. The van der Waals surface area contributed by atoms with Gasteiger partial charge in [0.1, 0.15) is 12.1 Å². The second-order valence-electron chi connectivity index (χ2n) is 5.20. The summed E-state index contributed by atoms with van der Waals surface area (Å²) in [6.07, 6.45) is 4.25. The predicted octanol–water partition coefficient (Wildman–Crippen LogP) is 1.16. The minimum atomic E-state index is -0.259. The van der Waals surface area contributed by atoms with Crippen LogP contribution in [-0.2, 0) is 17.8 Å². The number of fused-ring (bicyclic) bond motifs is 1. The monoisotopic (exact) mass is 287 g/mol. The van der Waals surface area contributed by atoms with E-state index in [4.69, 9.17) is 4.52 Å². The molecule has 1 aliphatic heterocycles. The van der Waals surface area contributed by atoms with E-state index in [9.17, 15) is 4.79 Å². The fourth-order valence-electron chi connectivity index (χ4n) is 2.42. The molecule has 0 spiro atoms. The fraction of sp³-hybridized carbons (Fsp3) is 0.429. The summed E-state index contributed by atoms with van der Waals surface area (Å²) >= 11 is 0. The quantitative estimate of drug-likeness (QED) is 0.912. The molecule has 110 valence electrons. The summed E-state index contributed by atoms with van der Waals surface area (Å²) in [5.41, 5.74) is 2.15. The fourth-order valence-corrected chi connectivity index (χ4v) is 2.42. The standard InChI is InChI=1S/C14H17N5O2/c1-9-5-13(18-21-9)17-14(20)10(2)19-4-3-11-6-15-8-16-12(11)7-19/h5-6,8,10H,3-4,7H2,1-2H3,(H,17,18,20)/t10-/m0/s1. The molecule has 21 heavy (non-hydrogen) atoms. The minimum absolute atomic E-state index is 0.0965. The SMILES string of the molecule is Cc1cc(NC(=O)[C@H](C)N2CCc3cncnc3C2)no1. The van der Waals surface area contributed by atoms with E-state index in [-0.39, 0.29) is 11.9 Å². The molecule has 0 saturated heterocycles. The first-order valence-electron chi connectivity index (χ1n) is 6.89. The Morgan fingerprint density at radius 2 is 2.38 bits per heavy atom. The van der Waals surface area contributed by atoms with Crippen molar-refractivity contribution in [1.29, 1.82) is 0 Å². The highest BCUT2D eigenvalue weighted by molar-refractivity contribution is 5.93. The highest BCUT2D eigenvalue weighted by atomic mass is 16.5. The van der Waals surface area contributed by atoms with E-state index in [1.54, 1.807) is 19.3 Å². The van der Waals surface area contributed by atoms with Crippen molar-refractivity contribution in [2.24, 2.45) is 0 Å². The largest absolute Gasteiger partial charge is 0.360 e. The molecule has 1 N–H and O–H groups in total. The topological polar surface area (TPSA) is 84.2 Å². The number of nitrogens with one attached hydrogen (secondary N) is 1. The van der Waals surface area contributed by atoms with Crippen molar-refractivity contribution in [1.82, 2.24) is 20.0 Å². The number of anilines is 1. The molecule has 1 atom stereocenters. The van der Waals surface area contributed by atoms with Crippen LogP contribution in [0.25, 0.3) is 0 Å². The van der Waals surface area contributed by atoms with Crippen LogP contribution in [0.3, 0.4) is 0 Å². The highest BCUT2D eigenvalue weighted by Crippen LogP contribution is 2.18. The van der Waals surface area contributed by atoms with Crippen LogP contribution in [-0.4, -0.2) is 38.5 Å². The Hall–Kier alpha value is -2.28. The zero-order valence-corrected chi connectivity index (χ0v) is 12.0. The van der Waals surface area contributed by atoms with Gasteiger partial charge < -0.3 is 9.84 Å². The third-order valence-corrected chi connectivity index (χ3v) is 3.71. The Bertz CT molecular complexity index is 654. The number of amides is 1. The summed E-state index contributed by atoms with van der Waals surface area (Å²) < 4.78 is 4.94. The summed E-state index contributed by atoms with van der Waals surface area (Å²) in [5, 5.41) is 6.54. The molecule has 1 amide bonds. The average Bonchev–Trinajstić information content (AvgIpc) is 2.91. The van der Waals surface area contributed by atoms with Gasteiger partial charge in [0.15, 0.2) is 5.82 Å². The summed E-state index contributed by atoms with van der Waals surface area (Å²) in [7, 11) is 0. The lowest BCUT2D eigenvalue weighted by Gasteiger charge is -2.31. The van der Waals surface area contributed by atoms with Crippen molar-refractivity contribution in [3.05, 3.63) is 35.6 Å². The number of aromatic nitrogens is 3. The molecule has 0 radical (unpaired) electrons. The maximum atomic E-state index is 12.3. The Balaban J connectivity index is 1.66. The van der Waals surface area contributed by atoms with Crippen molar-refractivity contribution in [2.75, 3.05) is 11.9 Å². The molecule has 2 aromatic heterocycles. The molecular formula is C14H17N5O2. The van der Waals surface area contributed by atoms with Gasteiger partial charge in [0, 0.05) is 25.4 Å². The van der Waals surface area contributed by atoms with E-state index < -0.39 is 0 Å². The second-order valence-corrected chi connectivity index (χ2v) is 5.20. The van der Waals surface area contributed by atoms with E-state index in [0.717, 1.165) is 24.2 Å². The Morgan fingerprint density at radius 1 is 1.52 bits per heavy atom. The van der Waals surface area contributed by atoms with Crippen molar-refractivity contribution in [3.63, 3.8) is 0 Å². The maximum Gasteiger partial charge on any atom is 0.242 e. The third-order valence-electron chi connectivity index (χ3n) is 3.71. The number of nitrogens with zero attached hydrogens (tertiary/aromatic N) is 4. The molecule has 0 aliphatic carbocycles. The van der Waals surface area contributed by atoms with Crippen molar-refractivity contribution >= 4 is 11.7 Å². The summed E-state index contributed by atoms with van der Waals surface area (Å²) in [6, 6.07) is 1.44. The van der Waals surface area contributed by atoms with Crippen LogP contribution < -0.4 is 5.32 Å². The van der Waals surface area contributed by atoms with Crippen LogP contribution >= 0.6 is 0 Å². The van der Waals surface area contributed by atoms with Crippen LogP contribution in [0, 0.1) is 6.92 Å². The van der Waals surface area contributed by atoms with Gasteiger partial charge in [-0.05, 0) is 25.8 Å². The second kappa shape index (κ2) is 5.61. The first kappa shape index (κ1) is 13.7. The van der Waals surface area contributed by atoms with E-state index in [1.165, 1.54) is 0 Å². The van der Waals surface area contributed by atoms with Gasteiger partial charge in [0.05, 0.1) is 11.7 Å². The van der Waals surface area contributed by atoms with Gasteiger partial charge in [-0.3, -0.25) is 9.69 Å². The van der Waals surface area contributed by atoms with Crippen LogP contribution in [0.5, 0.6) is 0 Å². The first-order chi connectivity index (χ1) is 10.1. The first-order valence-corrected chi connectivity index (χ1v) is 6.89. The Labute approximate surface area is 122 Å². The molecule has 0 saturated carbocycles. The molecular weight excluding hydrogens is 270 g/mol. The van der Waals surface area contributed by atoms with Crippen LogP contribution in [0.2, 0.25) is 0 Å². The summed E-state index contributed by atoms with van der Waals surface area (Å²) in [4.78, 5) is 22.7. The van der Waals surface area contributed by atoms with Gasteiger partial charge in [-0.2, -0.15) is 0 Å². The van der Waals surface area contributed by atoms with Gasteiger partial charge in [0.2, 0.25) is 5.91 Å². The molecule has 3 heterocycles. The minimum Gasteiger partial charge on any atom is -0.360 e. The molecule has 0 bridgehead atoms. The van der Waals surface area contributed by atoms with Crippen molar-refractivity contribution in [3.8, 4) is 0 Å². The predicted molar refractivity (Wildman–Crippen MR) is 75.5 cm³/mol. The van der Waals surface area contributed by atoms with E-state index >= 15 is 0 Å².